The Bertz CT molecular complexity index is 221. The van der Waals surface area contributed by atoms with Crippen LogP contribution in [0.4, 0.5) is 0 Å². The van der Waals surface area contributed by atoms with E-state index >= 15 is 0 Å². The number of carbonyl (C=O) groups is 1. The monoisotopic (exact) mass is 211 g/mol. The van der Waals surface area contributed by atoms with E-state index in [1.807, 2.05) is 11.8 Å². The molecule has 0 spiro atoms. The molecule has 0 saturated heterocycles. The third-order valence-corrected chi connectivity index (χ3v) is 2.38. The van der Waals surface area contributed by atoms with Gasteiger partial charge in [0.15, 0.2) is 0 Å². The van der Waals surface area contributed by atoms with Crippen LogP contribution in [0.3, 0.4) is 0 Å². The van der Waals surface area contributed by atoms with Crippen LogP contribution in [0.1, 0.15) is 54.4 Å². The molecule has 88 valence electrons. The molecule has 0 rings (SSSR count). The molecule has 0 aliphatic rings. The van der Waals surface area contributed by atoms with Gasteiger partial charge in [0, 0.05) is 18.5 Å². The number of allylic oxidation sites excluding steroid dienone is 1. The molecule has 0 heterocycles. The number of rotatable bonds is 5. The smallest absolute Gasteiger partial charge is 0.227 e. The molecule has 0 aromatic heterocycles. The van der Waals surface area contributed by atoms with Crippen LogP contribution >= 0.6 is 0 Å². The lowest BCUT2D eigenvalue weighted by Gasteiger charge is -2.31. The van der Waals surface area contributed by atoms with Gasteiger partial charge in [-0.25, -0.2) is 0 Å². The van der Waals surface area contributed by atoms with E-state index in [0.29, 0.717) is 6.42 Å². The zero-order valence-corrected chi connectivity index (χ0v) is 11.0. The Hall–Kier alpha value is -0.790. The highest BCUT2D eigenvalue weighted by Crippen LogP contribution is 2.11. The summed E-state index contributed by atoms with van der Waals surface area (Å²) in [6.07, 6.45) is 3.68. The average molecular weight is 211 g/mol. The third kappa shape index (κ3) is 5.01. The summed E-state index contributed by atoms with van der Waals surface area (Å²) in [6.45, 7) is 12.4. The van der Waals surface area contributed by atoms with Crippen LogP contribution in [-0.4, -0.2) is 22.9 Å². The summed E-state index contributed by atoms with van der Waals surface area (Å²) < 4.78 is 0. The highest BCUT2D eigenvalue weighted by atomic mass is 16.2. The zero-order valence-electron chi connectivity index (χ0n) is 11.0. The first-order chi connectivity index (χ1) is 6.90. The molecule has 0 saturated carbocycles. The van der Waals surface area contributed by atoms with Crippen molar-refractivity contribution in [3.63, 3.8) is 0 Å². The minimum atomic E-state index is 0.238. The van der Waals surface area contributed by atoms with Crippen molar-refractivity contribution in [1.29, 1.82) is 0 Å². The number of carbonyl (C=O) groups excluding carboxylic acids is 1. The van der Waals surface area contributed by atoms with Crippen molar-refractivity contribution < 1.29 is 4.79 Å². The number of hydrogen-bond donors (Lipinski definition) is 0. The molecule has 0 aromatic rings. The van der Waals surface area contributed by atoms with Gasteiger partial charge >= 0.3 is 0 Å². The van der Waals surface area contributed by atoms with Gasteiger partial charge in [-0.15, -0.1) is 0 Å². The minimum absolute atomic E-state index is 0.238. The largest absolute Gasteiger partial charge is 0.338 e. The van der Waals surface area contributed by atoms with E-state index in [9.17, 15) is 4.79 Å². The SMILES string of the molecule is CC/C=C(/C)CC(=O)N(C(C)C)C(C)C. The van der Waals surface area contributed by atoms with Crippen LogP contribution in [0.5, 0.6) is 0 Å². The van der Waals surface area contributed by atoms with E-state index < -0.39 is 0 Å². The van der Waals surface area contributed by atoms with Crippen molar-refractivity contribution in [2.24, 2.45) is 0 Å². The molecular weight excluding hydrogens is 186 g/mol. The second-order valence-corrected chi connectivity index (χ2v) is 4.62. The van der Waals surface area contributed by atoms with Gasteiger partial charge in [0.05, 0.1) is 0 Å². The molecule has 0 bridgehead atoms. The molecule has 1 amide bonds. The first kappa shape index (κ1) is 14.2. The van der Waals surface area contributed by atoms with Crippen LogP contribution in [0, 0.1) is 0 Å². The molecule has 0 fully saturated rings. The molecule has 2 heteroatoms. The summed E-state index contributed by atoms with van der Waals surface area (Å²) in [6, 6.07) is 0.568. The fourth-order valence-corrected chi connectivity index (χ4v) is 1.92. The van der Waals surface area contributed by atoms with Gasteiger partial charge in [-0.1, -0.05) is 18.6 Å². The second-order valence-electron chi connectivity index (χ2n) is 4.62. The van der Waals surface area contributed by atoms with Gasteiger partial charge in [0.1, 0.15) is 0 Å². The van der Waals surface area contributed by atoms with Gasteiger partial charge in [-0.3, -0.25) is 4.79 Å². The Balaban J connectivity index is 4.46. The Morgan fingerprint density at radius 1 is 1.20 bits per heavy atom. The normalized spacial score (nSPS) is 12.4. The lowest BCUT2D eigenvalue weighted by molar-refractivity contribution is -0.134. The van der Waals surface area contributed by atoms with E-state index in [1.54, 1.807) is 0 Å². The summed E-state index contributed by atoms with van der Waals surface area (Å²) in [7, 11) is 0. The Kier molecular flexibility index (Phi) is 6.30. The summed E-state index contributed by atoms with van der Waals surface area (Å²) in [5, 5.41) is 0. The summed E-state index contributed by atoms with van der Waals surface area (Å²) in [4.78, 5) is 13.9. The molecular formula is C13H25NO. The molecule has 15 heavy (non-hydrogen) atoms. The van der Waals surface area contributed by atoms with E-state index in [1.165, 1.54) is 5.57 Å². The fraction of sp³-hybridized carbons (Fsp3) is 0.769. The van der Waals surface area contributed by atoms with Gasteiger partial charge < -0.3 is 4.90 Å². The first-order valence-electron chi connectivity index (χ1n) is 5.86. The van der Waals surface area contributed by atoms with Gasteiger partial charge in [0.2, 0.25) is 5.91 Å². The van der Waals surface area contributed by atoms with Crippen LogP contribution in [0.25, 0.3) is 0 Å². The summed E-state index contributed by atoms with van der Waals surface area (Å²) >= 11 is 0. The lowest BCUT2D eigenvalue weighted by atomic mass is 10.1. The maximum Gasteiger partial charge on any atom is 0.227 e. The molecule has 2 nitrogen and oxygen atoms in total. The highest BCUT2D eigenvalue weighted by Gasteiger charge is 2.19. The van der Waals surface area contributed by atoms with E-state index in [0.717, 1.165) is 6.42 Å². The number of amides is 1. The Morgan fingerprint density at radius 2 is 1.67 bits per heavy atom. The maximum atomic E-state index is 12.0. The van der Waals surface area contributed by atoms with Gasteiger partial charge in [-0.05, 0) is 41.0 Å². The number of nitrogens with zero attached hydrogens (tertiary/aromatic N) is 1. The summed E-state index contributed by atoms with van der Waals surface area (Å²) in [5.41, 5.74) is 1.17. The number of hydrogen-bond acceptors (Lipinski definition) is 1. The maximum absolute atomic E-state index is 12.0. The lowest BCUT2D eigenvalue weighted by Crippen LogP contribution is -2.42. The Labute approximate surface area is 94.4 Å². The molecule has 0 unspecified atom stereocenters. The van der Waals surface area contributed by atoms with E-state index in [4.69, 9.17) is 0 Å². The predicted octanol–water partition coefficient (Wildman–Crippen LogP) is 3.38. The van der Waals surface area contributed by atoms with Crippen LogP contribution in [0.2, 0.25) is 0 Å². The minimum Gasteiger partial charge on any atom is -0.338 e. The quantitative estimate of drug-likeness (QED) is 0.638. The molecule has 0 aliphatic heterocycles. The molecule has 0 N–H and O–H groups in total. The van der Waals surface area contributed by atoms with Crippen molar-refractivity contribution in [3.8, 4) is 0 Å². The van der Waals surface area contributed by atoms with Crippen molar-refractivity contribution >= 4 is 5.91 Å². The van der Waals surface area contributed by atoms with E-state index in [2.05, 4.69) is 40.7 Å². The summed E-state index contributed by atoms with van der Waals surface area (Å²) in [5.74, 6) is 0.238. The molecule has 0 radical (unpaired) electrons. The van der Waals surface area contributed by atoms with Crippen LogP contribution in [0.15, 0.2) is 11.6 Å². The van der Waals surface area contributed by atoms with E-state index in [-0.39, 0.29) is 18.0 Å². The molecule has 0 aliphatic carbocycles. The highest BCUT2D eigenvalue weighted by molar-refractivity contribution is 5.79. The van der Waals surface area contributed by atoms with Crippen molar-refractivity contribution in [2.45, 2.75) is 66.5 Å². The van der Waals surface area contributed by atoms with Gasteiger partial charge in [-0.2, -0.15) is 0 Å². The Morgan fingerprint density at radius 3 is 2.00 bits per heavy atom. The van der Waals surface area contributed by atoms with Crippen molar-refractivity contribution in [1.82, 2.24) is 4.90 Å². The molecule has 0 atom stereocenters. The topological polar surface area (TPSA) is 20.3 Å². The first-order valence-corrected chi connectivity index (χ1v) is 5.86. The standard InChI is InChI=1S/C13H25NO/c1-7-8-12(6)9-13(15)14(10(2)3)11(4)5/h8,10-11H,7,9H2,1-6H3/b12-8-. The van der Waals surface area contributed by atoms with Crippen LogP contribution < -0.4 is 0 Å². The van der Waals surface area contributed by atoms with Gasteiger partial charge in [0.25, 0.3) is 0 Å². The molecule has 0 aromatic carbocycles. The second kappa shape index (κ2) is 6.65. The fourth-order valence-electron chi connectivity index (χ4n) is 1.92. The third-order valence-electron chi connectivity index (χ3n) is 2.38. The predicted molar refractivity (Wildman–Crippen MR) is 65.8 cm³/mol. The zero-order chi connectivity index (χ0) is 12.0. The average Bonchev–Trinajstić information content (AvgIpc) is 2.01. The van der Waals surface area contributed by atoms with Crippen molar-refractivity contribution in [3.05, 3.63) is 11.6 Å². The van der Waals surface area contributed by atoms with Crippen LogP contribution in [-0.2, 0) is 4.79 Å². The van der Waals surface area contributed by atoms with Crippen molar-refractivity contribution in [2.75, 3.05) is 0 Å².